The van der Waals surface area contributed by atoms with Crippen molar-refractivity contribution >= 4 is 11.6 Å². The second-order valence-electron chi connectivity index (χ2n) is 4.77. The highest BCUT2D eigenvalue weighted by atomic mass is 19.1. The molecule has 0 spiro atoms. The molecule has 0 saturated heterocycles. The molecule has 3 aromatic rings. The van der Waals surface area contributed by atoms with E-state index in [1.807, 2.05) is 19.1 Å². The number of hydrogen-bond donors (Lipinski definition) is 2. The van der Waals surface area contributed by atoms with E-state index in [2.05, 4.69) is 20.5 Å². The number of aromatic nitrogens is 4. The van der Waals surface area contributed by atoms with Crippen LogP contribution in [0, 0.1) is 12.9 Å². The lowest BCUT2D eigenvalue weighted by Crippen LogP contribution is -2.27. The van der Waals surface area contributed by atoms with Crippen LogP contribution in [0.3, 0.4) is 0 Å². The number of carbonyl (C=O) groups is 1. The zero-order valence-electron chi connectivity index (χ0n) is 11.4. The molecule has 0 aliphatic carbocycles. The Hall–Kier alpha value is -2.70. The Morgan fingerprint density at radius 3 is 3.05 bits per heavy atom. The number of aromatic amines is 1. The Balaban J connectivity index is 1.73. The highest BCUT2D eigenvalue weighted by molar-refractivity contribution is 5.93. The summed E-state index contributed by atoms with van der Waals surface area (Å²) in [4.78, 5) is 16.0. The molecule has 108 valence electrons. The van der Waals surface area contributed by atoms with Gasteiger partial charge in [0.15, 0.2) is 5.69 Å². The molecule has 0 atom stereocenters. The van der Waals surface area contributed by atoms with Crippen LogP contribution in [-0.2, 0) is 6.42 Å². The number of fused-ring (bicyclic) bond motifs is 1. The average Bonchev–Trinajstić information content (AvgIpc) is 3.08. The van der Waals surface area contributed by atoms with Gasteiger partial charge in [-0.15, -0.1) is 0 Å². The first-order chi connectivity index (χ1) is 10.1. The van der Waals surface area contributed by atoms with E-state index in [1.165, 1.54) is 4.40 Å². The van der Waals surface area contributed by atoms with Crippen molar-refractivity contribution < 1.29 is 9.18 Å². The lowest BCUT2D eigenvalue weighted by atomic mass is 10.3. The normalized spacial score (nSPS) is 11.0. The number of rotatable bonds is 4. The number of carbonyl (C=O) groups excluding carboxylic acids is 1. The van der Waals surface area contributed by atoms with Crippen molar-refractivity contribution in [2.24, 2.45) is 0 Å². The van der Waals surface area contributed by atoms with Crippen molar-refractivity contribution in [2.75, 3.05) is 6.54 Å². The van der Waals surface area contributed by atoms with E-state index in [4.69, 9.17) is 0 Å². The topological polar surface area (TPSA) is 75.1 Å². The van der Waals surface area contributed by atoms with Gasteiger partial charge in [-0.25, -0.2) is 4.98 Å². The fourth-order valence-corrected chi connectivity index (χ4v) is 2.09. The third-order valence-electron chi connectivity index (χ3n) is 3.16. The van der Waals surface area contributed by atoms with E-state index in [9.17, 15) is 9.18 Å². The molecule has 0 radical (unpaired) electrons. The number of pyridine rings is 1. The molecule has 0 bridgehead atoms. The maximum atomic E-state index is 14.2. The minimum atomic E-state index is -0.646. The van der Waals surface area contributed by atoms with Gasteiger partial charge in [0.05, 0.1) is 0 Å². The number of hydrogen-bond acceptors (Lipinski definition) is 3. The molecule has 0 saturated carbocycles. The van der Waals surface area contributed by atoms with Gasteiger partial charge in [0.1, 0.15) is 5.65 Å². The summed E-state index contributed by atoms with van der Waals surface area (Å²) in [5.41, 5.74) is 2.02. The van der Waals surface area contributed by atoms with Crippen molar-refractivity contribution in [1.82, 2.24) is 24.9 Å². The van der Waals surface area contributed by atoms with Crippen LogP contribution < -0.4 is 5.32 Å². The standard InChI is InChI=1S/C14H14FN5O/c1-9-2-3-11-18-12(13(15)20(11)8-9)14(21)16-6-4-10-5-7-17-19-10/h2-3,5,7-8H,4,6H2,1H3,(H,16,21)(H,17,19). The van der Waals surface area contributed by atoms with Crippen LogP contribution in [0.5, 0.6) is 0 Å². The lowest BCUT2D eigenvalue weighted by Gasteiger charge is -2.01. The zero-order valence-corrected chi connectivity index (χ0v) is 11.4. The number of aryl methyl sites for hydroxylation is 1. The number of amides is 1. The SMILES string of the molecule is Cc1ccc2nc(C(=O)NCCc3ccn[nH]3)c(F)n2c1. The Labute approximate surface area is 120 Å². The molecule has 3 aromatic heterocycles. The van der Waals surface area contributed by atoms with Crippen LogP contribution in [-0.4, -0.2) is 32.0 Å². The quantitative estimate of drug-likeness (QED) is 0.763. The van der Waals surface area contributed by atoms with Crippen molar-refractivity contribution in [3.8, 4) is 0 Å². The van der Waals surface area contributed by atoms with E-state index in [0.29, 0.717) is 18.6 Å². The molecule has 3 heterocycles. The van der Waals surface area contributed by atoms with Gasteiger partial charge in [0.25, 0.3) is 5.91 Å². The van der Waals surface area contributed by atoms with Gasteiger partial charge in [-0.2, -0.15) is 9.49 Å². The summed E-state index contributed by atoms with van der Waals surface area (Å²) in [6.45, 7) is 2.23. The Bertz CT molecular complexity index is 778. The number of imidazole rings is 1. The number of nitrogens with one attached hydrogen (secondary N) is 2. The van der Waals surface area contributed by atoms with E-state index in [-0.39, 0.29) is 5.69 Å². The lowest BCUT2D eigenvalue weighted by molar-refractivity contribution is 0.0945. The Morgan fingerprint density at radius 2 is 2.29 bits per heavy atom. The van der Waals surface area contributed by atoms with Gasteiger partial charge < -0.3 is 5.32 Å². The van der Waals surface area contributed by atoms with E-state index in [0.717, 1.165) is 11.3 Å². The third-order valence-corrected chi connectivity index (χ3v) is 3.16. The molecular weight excluding hydrogens is 273 g/mol. The smallest absolute Gasteiger partial charge is 0.274 e. The maximum absolute atomic E-state index is 14.2. The van der Waals surface area contributed by atoms with Crippen molar-refractivity contribution in [1.29, 1.82) is 0 Å². The first-order valence-corrected chi connectivity index (χ1v) is 6.56. The Morgan fingerprint density at radius 1 is 1.43 bits per heavy atom. The molecule has 7 heteroatoms. The molecule has 6 nitrogen and oxygen atoms in total. The Kier molecular flexibility index (Phi) is 3.39. The molecule has 0 unspecified atom stereocenters. The van der Waals surface area contributed by atoms with Crippen LogP contribution in [0.25, 0.3) is 5.65 Å². The summed E-state index contributed by atoms with van der Waals surface area (Å²) >= 11 is 0. The van der Waals surface area contributed by atoms with Crippen LogP contribution in [0.2, 0.25) is 0 Å². The first kappa shape index (κ1) is 13.3. The van der Waals surface area contributed by atoms with Gasteiger partial charge in [0, 0.05) is 31.1 Å². The summed E-state index contributed by atoms with van der Waals surface area (Å²) in [7, 11) is 0. The number of halogens is 1. The maximum Gasteiger partial charge on any atom is 0.274 e. The second-order valence-corrected chi connectivity index (χ2v) is 4.77. The molecular formula is C14H14FN5O. The van der Waals surface area contributed by atoms with Gasteiger partial charge in [-0.05, 0) is 24.6 Å². The number of H-pyrrole nitrogens is 1. The highest BCUT2D eigenvalue weighted by Crippen LogP contribution is 2.12. The van der Waals surface area contributed by atoms with Gasteiger partial charge in [-0.3, -0.25) is 14.3 Å². The van der Waals surface area contributed by atoms with Gasteiger partial charge >= 0.3 is 0 Å². The fourth-order valence-electron chi connectivity index (χ4n) is 2.09. The van der Waals surface area contributed by atoms with E-state index >= 15 is 0 Å². The molecule has 0 aromatic carbocycles. The molecule has 3 rings (SSSR count). The van der Waals surface area contributed by atoms with Crippen LogP contribution in [0.4, 0.5) is 4.39 Å². The average molecular weight is 287 g/mol. The summed E-state index contributed by atoms with van der Waals surface area (Å²) < 4.78 is 15.5. The molecule has 2 N–H and O–H groups in total. The largest absolute Gasteiger partial charge is 0.350 e. The van der Waals surface area contributed by atoms with Crippen LogP contribution in [0.15, 0.2) is 30.6 Å². The van der Waals surface area contributed by atoms with E-state index < -0.39 is 11.9 Å². The predicted octanol–water partition coefficient (Wildman–Crippen LogP) is 1.48. The van der Waals surface area contributed by atoms with Gasteiger partial charge in [0.2, 0.25) is 5.95 Å². The molecule has 1 amide bonds. The first-order valence-electron chi connectivity index (χ1n) is 6.56. The second kappa shape index (κ2) is 5.35. The van der Waals surface area contributed by atoms with Crippen LogP contribution >= 0.6 is 0 Å². The number of nitrogens with zero attached hydrogens (tertiary/aromatic N) is 3. The van der Waals surface area contributed by atoms with Crippen molar-refractivity contribution in [3.05, 3.63) is 53.5 Å². The van der Waals surface area contributed by atoms with E-state index in [1.54, 1.807) is 18.5 Å². The zero-order chi connectivity index (χ0) is 14.8. The molecule has 21 heavy (non-hydrogen) atoms. The van der Waals surface area contributed by atoms with Gasteiger partial charge in [-0.1, -0.05) is 6.07 Å². The summed E-state index contributed by atoms with van der Waals surface area (Å²) in [5.74, 6) is -1.17. The fraction of sp³-hybridized carbons (Fsp3) is 0.214. The third kappa shape index (κ3) is 2.62. The molecule has 0 fully saturated rings. The monoisotopic (exact) mass is 287 g/mol. The highest BCUT2D eigenvalue weighted by Gasteiger charge is 2.18. The van der Waals surface area contributed by atoms with Crippen molar-refractivity contribution in [2.45, 2.75) is 13.3 Å². The van der Waals surface area contributed by atoms with Crippen molar-refractivity contribution in [3.63, 3.8) is 0 Å². The minimum absolute atomic E-state index is 0.190. The van der Waals surface area contributed by atoms with Crippen LogP contribution in [0.1, 0.15) is 21.7 Å². The summed E-state index contributed by atoms with van der Waals surface area (Å²) in [6, 6.07) is 5.32. The molecule has 0 aliphatic heterocycles. The predicted molar refractivity (Wildman–Crippen MR) is 74.5 cm³/mol. The minimum Gasteiger partial charge on any atom is -0.350 e. The molecule has 0 aliphatic rings. The summed E-state index contributed by atoms with van der Waals surface area (Å²) in [6.07, 6.45) is 3.85. The summed E-state index contributed by atoms with van der Waals surface area (Å²) in [5, 5.41) is 9.26.